The smallest absolute Gasteiger partial charge is 0.316 e. The molecule has 0 saturated heterocycles. The maximum absolute atomic E-state index is 11.0. The van der Waals surface area contributed by atoms with Crippen LogP contribution in [0.25, 0.3) is 0 Å². The molecule has 1 N–H and O–H groups in total. The summed E-state index contributed by atoms with van der Waals surface area (Å²) in [5.74, 6) is -0.550. The molecule has 0 heterocycles. The van der Waals surface area contributed by atoms with Crippen molar-refractivity contribution in [2.24, 2.45) is 5.92 Å². The van der Waals surface area contributed by atoms with Gasteiger partial charge in [-0.2, -0.15) is 0 Å². The van der Waals surface area contributed by atoms with Crippen molar-refractivity contribution in [2.75, 3.05) is 13.2 Å². The molecule has 11 heavy (non-hydrogen) atoms. The van der Waals surface area contributed by atoms with E-state index in [1.807, 2.05) is 0 Å². The number of hydrogen-bond donors (Lipinski definition) is 1. The molecule has 60 valence electrons. The SMILES string of the molecule is O=C(OCCO)C1C=CC=C1. The lowest BCUT2D eigenvalue weighted by Gasteiger charge is -2.04. The average molecular weight is 154 g/mol. The van der Waals surface area contributed by atoms with Crippen LogP contribution >= 0.6 is 0 Å². The molecule has 0 saturated carbocycles. The number of ether oxygens (including phenoxy) is 1. The molecular weight excluding hydrogens is 144 g/mol. The molecule has 0 bridgehead atoms. The minimum absolute atomic E-state index is 0.0804. The first-order valence-corrected chi connectivity index (χ1v) is 3.47. The summed E-state index contributed by atoms with van der Waals surface area (Å²) in [6, 6.07) is 0. The van der Waals surface area contributed by atoms with Crippen molar-refractivity contribution in [1.29, 1.82) is 0 Å². The largest absolute Gasteiger partial charge is 0.463 e. The first-order chi connectivity index (χ1) is 5.34. The zero-order chi connectivity index (χ0) is 8.10. The Morgan fingerprint density at radius 1 is 1.45 bits per heavy atom. The molecule has 0 atom stereocenters. The zero-order valence-corrected chi connectivity index (χ0v) is 6.06. The van der Waals surface area contributed by atoms with Crippen molar-refractivity contribution in [2.45, 2.75) is 0 Å². The maximum Gasteiger partial charge on any atom is 0.316 e. The maximum atomic E-state index is 11.0. The summed E-state index contributed by atoms with van der Waals surface area (Å²) >= 11 is 0. The van der Waals surface area contributed by atoms with Crippen LogP contribution in [0.15, 0.2) is 24.3 Å². The molecule has 0 spiro atoms. The van der Waals surface area contributed by atoms with E-state index in [0.717, 1.165) is 0 Å². The van der Waals surface area contributed by atoms with Gasteiger partial charge in [0, 0.05) is 0 Å². The van der Waals surface area contributed by atoms with Crippen LogP contribution < -0.4 is 0 Å². The lowest BCUT2D eigenvalue weighted by Crippen LogP contribution is -2.14. The molecule has 3 heteroatoms. The molecule has 0 fully saturated rings. The molecule has 0 aromatic rings. The zero-order valence-electron chi connectivity index (χ0n) is 6.06. The normalized spacial score (nSPS) is 15.7. The predicted octanol–water partition coefficient (Wildman–Crippen LogP) is 0.264. The third-order valence-electron chi connectivity index (χ3n) is 1.36. The van der Waals surface area contributed by atoms with Gasteiger partial charge in [-0.15, -0.1) is 0 Å². The van der Waals surface area contributed by atoms with E-state index in [2.05, 4.69) is 4.74 Å². The van der Waals surface area contributed by atoms with Gasteiger partial charge in [0.25, 0.3) is 0 Å². The minimum atomic E-state index is -0.302. The fourth-order valence-electron chi connectivity index (χ4n) is 0.831. The van der Waals surface area contributed by atoms with Crippen LogP contribution in [-0.2, 0) is 9.53 Å². The summed E-state index contributed by atoms with van der Waals surface area (Å²) in [6.45, 7) is -0.0388. The monoisotopic (exact) mass is 154 g/mol. The van der Waals surface area contributed by atoms with Gasteiger partial charge in [-0.05, 0) is 0 Å². The van der Waals surface area contributed by atoms with Gasteiger partial charge in [0.2, 0.25) is 0 Å². The second-order valence-corrected chi connectivity index (χ2v) is 2.19. The molecule has 0 aliphatic heterocycles. The lowest BCUT2D eigenvalue weighted by atomic mass is 10.2. The van der Waals surface area contributed by atoms with E-state index in [9.17, 15) is 4.79 Å². The van der Waals surface area contributed by atoms with Crippen molar-refractivity contribution < 1.29 is 14.6 Å². The number of carbonyl (C=O) groups is 1. The number of aliphatic hydroxyl groups excluding tert-OH is 1. The van der Waals surface area contributed by atoms with E-state index in [0.29, 0.717) is 0 Å². The van der Waals surface area contributed by atoms with Crippen molar-refractivity contribution in [3.05, 3.63) is 24.3 Å². The Morgan fingerprint density at radius 2 is 2.09 bits per heavy atom. The van der Waals surface area contributed by atoms with Crippen LogP contribution in [0.4, 0.5) is 0 Å². The lowest BCUT2D eigenvalue weighted by molar-refractivity contribution is -0.146. The van der Waals surface area contributed by atoms with Gasteiger partial charge in [-0.25, -0.2) is 0 Å². The van der Waals surface area contributed by atoms with Gasteiger partial charge in [-0.1, -0.05) is 24.3 Å². The standard InChI is InChI=1S/C8H10O3/c9-5-6-11-8(10)7-3-1-2-4-7/h1-4,7,9H,5-6H2. The van der Waals surface area contributed by atoms with Crippen LogP contribution in [0.1, 0.15) is 0 Å². The highest BCUT2D eigenvalue weighted by Gasteiger charge is 2.14. The topological polar surface area (TPSA) is 46.5 Å². The van der Waals surface area contributed by atoms with Gasteiger partial charge < -0.3 is 9.84 Å². The highest BCUT2D eigenvalue weighted by Crippen LogP contribution is 2.09. The Kier molecular flexibility index (Phi) is 2.86. The van der Waals surface area contributed by atoms with Crippen LogP contribution in [0, 0.1) is 5.92 Å². The molecule has 0 aromatic heterocycles. The van der Waals surface area contributed by atoms with Gasteiger partial charge in [0.05, 0.1) is 12.5 Å². The summed E-state index contributed by atoms with van der Waals surface area (Å²) in [6.07, 6.45) is 7.09. The highest BCUT2D eigenvalue weighted by molar-refractivity contribution is 5.77. The van der Waals surface area contributed by atoms with Crippen molar-refractivity contribution in [3.8, 4) is 0 Å². The molecule has 0 radical (unpaired) electrons. The number of esters is 1. The van der Waals surface area contributed by atoms with Crippen LogP contribution in [0.3, 0.4) is 0 Å². The summed E-state index contributed by atoms with van der Waals surface area (Å²) in [5.41, 5.74) is 0. The van der Waals surface area contributed by atoms with E-state index in [1.165, 1.54) is 0 Å². The van der Waals surface area contributed by atoms with Crippen molar-refractivity contribution in [1.82, 2.24) is 0 Å². The number of hydrogen-bond acceptors (Lipinski definition) is 3. The molecule has 3 nitrogen and oxygen atoms in total. The number of carbonyl (C=O) groups excluding carboxylic acids is 1. The van der Waals surface area contributed by atoms with Crippen LogP contribution in [0.2, 0.25) is 0 Å². The van der Waals surface area contributed by atoms with Crippen molar-refractivity contribution in [3.63, 3.8) is 0 Å². The van der Waals surface area contributed by atoms with Crippen LogP contribution in [0.5, 0.6) is 0 Å². The fraction of sp³-hybridized carbons (Fsp3) is 0.375. The summed E-state index contributed by atoms with van der Waals surface area (Å²) in [7, 11) is 0. The summed E-state index contributed by atoms with van der Waals surface area (Å²) in [4.78, 5) is 11.0. The second kappa shape index (κ2) is 3.93. The fourth-order valence-corrected chi connectivity index (χ4v) is 0.831. The summed E-state index contributed by atoms with van der Waals surface area (Å²) < 4.78 is 4.68. The van der Waals surface area contributed by atoms with E-state index >= 15 is 0 Å². The molecule has 1 aliphatic carbocycles. The Labute approximate surface area is 65.0 Å². The van der Waals surface area contributed by atoms with Gasteiger partial charge >= 0.3 is 5.97 Å². The third-order valence-corrected chi connectivity index (χ3v) is 1.36. The molecule has 0 amide bonds. The molecule has 0 aromatic carbocycles. The Balaban J connectivity index is 2.30. The van der Waals surface area contributed by atoms with Crippen LogP contribution in [-0.4, -0.2) is 24.3 Å². The average Bonchev–Trinajstić information content (AvgIpc) is 2.52. The Hall–Kier alpha value is -1.09. The second-order valence-electron chi connectivity index (χ2n) is 2.19. The molecule has 1 aliphatic rings. The third kappa shape index (κ3) is 2.20. The molecule has 1 rings (SSSR count). The van der Waals surface area contributed by atoms with Gasteiger partial charge in [0.1, 0.15) is 6.61 Å². The summed E-state index contributed by atoms with van der Waals surface area (Å²) in [5, 5.41) is 8.34. The minimum Gasteiger partial charge on any atom is -0.463 e. The van der Waals surface area contributed by atoms with Gasteiger partial charge in [0.15, 0.2) is 0 Å². The highest BCUT2D eigenvalue weighted by atomic mass is 16.5. The quantitative estimate of drug-likeness (QED) is 0.593. The molecule has 0 unspecified atom stereocenters. The number of aliphatic hydroxyl groups is 1. The Morgan fingerprint density at radius 3 is 2.64 bits per heavy atom. The first-order valence-electron chi connectivity index (χ1n) is 3.47. The van der Waals surface area contributed by atoms with E-state index in [-0.39, 0.29) is 25.1 Å². The predicted molar refractivity (Wildman–Crippen MR) is 39.8 cm³/mol. The number of rotatable bonds is 3. The number of allylic oxidation sites excluding steroid dienone is 2. The molecular formula is C8H10O3. The van der Waals surface area contributed by atoms with Gasteiger partial charge in [-0.3, -0.25) is 4.79 Å². The van der Waals surface area contributed by atoms with Crippen molar-refractivity contribution >= 4 is 5.97 Å². The van der Waals surface area contributed by atoms with E-state index < -0.39 is 0 Å². The van der Waals surface area contributed by atoms with E-state index in [4.69, 9.17) is 5.11 Å². The van der Waals surface area contributed by atoms with E-state index in [1.54, 1.807) is 24.3 Å². The Bertz CT molecular complexity index is 182. The first kappa shape index (κ1) is 8.01.